The molecule has 5 heteroatoms. The van der Waals surface area contributed by atoms with Crippen molar-refractivity contribution >= 4 is 11.6 Å². The Bertz CT molecular complexity index is 541. The number of rotatable bonds is 6. The number of amides is 1. The normalized spacial score (nSPS) is 16.8. The first kappa shape index (κ1) is 16.2. The second-order valence-electron chi connectivity index (χ2n) is 5.43. The van der Waals surface area contributed by atoms with Crippen LogP contribution in [-0.4, -0.2) is 44.2 Å². The Balaban J connectivity index is 2.12. The van der Waals surface area contributed by atoms with E-state index in [2.05, 4.69) is 5.32 Å². The summed E-state index contributed by atoms with van der Waals surface area (Å²) in [5, 5.41) is 3.35. The molecule has 0 aliphatic carbocycles. The fourth-order valence-electron chi connectivity index (χ4n) is 2.30. The van der Waals surface area contributed by atoms with Gasteiger partial charge in [-0.05, 0) is 44.0 Å². The molecule has 1 unspecified atom stereocenters. The van der Waals surface area contributed by atoms with Crippen molar-refractivity contribution < 1.29 is 14.3 Å². The summed E-state index contributed by atoms with van der Waals surface area (Å²) >= 11 is 0. The molecular formula is C17H24N2O3. The summed E-state index contributed by atoms with van der Waals surface area (Å²) in [5.41, 5.74) is 1.47. The SMILES string of the molecule is CCOc1ccc(C(=O)N(C)C)cc1NCC1CCC=CO1. The van der Waals surface area contributed by atoms with Gasteiger partial charge in [-0.15, -0.1) is 0 Å². The molecule has 5 nitrogen and oxygen atoms in total. The molecule has 0 saturated heterocycles. The Kier molecular flexibility index (Phi) is 5.69. The average Bonchev–Trinajstić information content (AvgIpc) is 2.54. The monoisotopic (exact) mass is 304 g/mol. The summed E-state index contributed by atoms with van der Waals surface area (Å²) in [6.45, 7) is 3.21. The Hall–Kier alpha value is -2.17. The van der Waals surface area contributed by atoms with Gasteiger partial charge in [-0.1, -0.05) is 0 Å². The molecule has 0 fully saturated rings. The number of allylic oxidation sites excluding steroid dienone is 1. The van der Waals surface area contributed by atoms with Gasteiger partial charge in [0.25, 0.3) is 5.91 Å². The van der Waals surface area contributed by atoms with E-state index in [0.717, 1.165) is 24.3 Å². The summed E-state index contributed by atoms with van der Waals surface area (Å²) in [4.78, 5) is 13.7. The lowest BCUT2D eigenvalue weighted by Gasteiger charge is -2.21. The van der Waals surface area contributed by atoms with Crippen LogP contribution in [0.3, 0.4) is 0 Å². The molecule has 2 rings (SSSR count). The van der Waals surface area contributed by atoms with Gasteiger partial charge in [0, 0.05) is 19.7 Å². The standard InChI is InChI=1S/C17H24N2O3/c1-4-21-16-9-8-13(17(20)19(2)3)11-15(16)18-12-14-7-5-6-10-22-14/h6,8-11,14,18H,4-5,7,12H2,1-3H3. The van der Waals surface area contributed by atoms with E-state index in [9.17, 15) is 4.79 Å². The largest absolute Gasteiger partial charge is 0.497 e. The number of nitrogens with one attached hydrogen (secondary N) is 1. The highest BCUT2D eigenvalue weighted by Gasteiger charge is 2.15. The Labute approximate surface area is 131 Å². The van der Waals surface area contributed by atoms with Crippen molar-refractivity contribution in [2.75, 3.05) is 32.6 Å². The zero-order valence-electron chi connectivity index (χ0n) is 13.5. The van der Waals surface area contributed by atoms with Crippen LogP contribution in [0.1, 0.15) is 30.1 Å². The van der Waals surface area contributed by atoms with Crippen molar-refractivity contribution in [2.45, 2.75) is 25.9 Å². The summed E-state index contributed by atoms with van der Waals surface area (Å²) < 4.78 is 11.2. The molecule has 0 aromatic heterocycles. The van der Waals surface area contributed by atoms with Gasteiger partial charge in [0.15, 0.2) is 0 Å². The summed E-state index contributed by atoms with van der Waals surface area (Å²) in [7, 11) is 3.49. The third-order valence-electron chi connectivity index (χ3n) is 3.48. The predicted octanol–water partition coefficient (Wildman–Crippen LogP) is 2.89. The molecule has 0 saturated carbocycles. The number of carbonyl (C=O) groups is 1. The van der Waals surface area contributed by atoms with Crippen molar-refractivity contribution in [3.05, 3.63) is 36.1 Å². The van der Waals surface area contributed by atoms with Crippen molar-refractivity contribution in [1.29, 1.82) is 0 Å². The fourth-order valence-corrected chi connectivity index (χ4v) is 2.30. The van der Waals surface area contributed by atoms with E-state index < -0.39 is 0 Å². The number of benzene rings is 1. The molecular weight excluding hydrogens is 280 g/mol. The molecule has 1 aliphatic heterocycles. The number of anilines is 1. The third kappa shape index (κ3) is 4.16. The third-order valence-corrected chi connectivity index (χ3v) is 3.48. The molecule has 1 atom stereocenters. The first-order valence-corrected chi connectivity index (χ1v) is 7.64. The highest BCUT2D eigenvalue weighted by Crippen LogP contribution is 2.27. The molecule has 1 amide bonds. The Morgan fingerprint density at radius 2 is 2.27 bits per heavy atom. The van der Waals surface area contributed by atoms with Crippen LogP contribution in [0.4, 0.5) is 5.69 Å². The molecule has 0 bridgehead atoms. The molecule has 1 aliphatic rings. The lowest BCUT2D eigenvalue weighted by atomic mass is 10.1. The number of hydrogen-bond donors (Lipinski definition) is 1. The van der Waals surface area contributed by atoms with Gasteiger partial charge in [-0.3, -0.25) is 4.79 Å². The molecule has 0 radical (unpaired) electrons. The van der Waals surface area contributed by atoms with Gasteiger partial charge >= 0.3 is 0 Å². The minimum atomic E-state index is -0.0250. The van der Waals surface area contributed by atoms with E-state index in [-0.39, 0.29) is 12.0 Å². The highest BCUT2D eigenvalue weighted by atomic mass is 16.5. The quantitative estimate of drug-likeness (QED) is 0.878. The molecule has 22 heavy (non-hydrogen) atoms. The van der Waals surface area contributed by atoms with Crippen molar-refractivity contribution in [3.8, 4) is 5.75 Å². The molecule has 0 spiro atoms. The molecule has 1 N–H and O–H groups in total. The maximum absolute atomic E-state index is 12.1. The van der Waals surface area contributed by atoms with E-state index in [1.165, 1.54) is 0 Å². The molecule has 1 aromatic carbocycles. The van der Waals surface area contributed by atoms with Crippen LogP contribution < -0.4 is 10.1 Å². The minimum absolute atomic E-state index is 0.0250. The van der Waals surface area contributed by atoms with Gasteiger partial charge in [0.1, 0.15) is 11.9 Å². The van der Waals surface area contributed by atoms with Crippen LogP contribution in [0.2, 0.25) is 0 Å². The van der Waals surface area contributed by atoms with E-state index in [4.69, 9.17) is 9.47 Å². The van der Waals surface area contributed by atoms with Crippen molar-refractivity contribution in [2.24, 2.45) is 0 Å². The Morgan fingerprint density at radius 1 is 1.45 bits per heavy atom. The van der Waals surface area contributed by atoms with E-state index >= 15 is 0 Å². The molecule has 120 valence electrons. The van der Waals surface area contributed by atoms with Crippen molar-refractivity contribution in [1.82, 2.24) is 4.90 Å². The van der Waals surface area contributed by atoms with Gasteiger partial charge in [0.05, 0.1) is 25.1 Å². The zero-order chi connectivity index (χ0) is 15.9. The van der Waals surface area contributed by atoms with Crippen LogP contribution in [0.5, 0.6) is 5.75 Å². The Morgan fingerprint density at radius 3 is 2.91 bits per heavy atom. The first-order valence-electron chi connectivity index (χ1n) is 7.64. The number of carbonyl (C=O) groups excluding carboxylic acids is 1. The lowest BCUT2D eigenvalue weighted by Crippen LogP contribution is -2.24. The number of nitrogens with zero attached hydrogens (tertiary/aromatic N) is 1. The minimum Gasteiger partial charge on any atom is -0.497 e. The van der Waals surface area contributed by atoms with Gasteiger partial charge in [-0.2, -0.15) is 0 Å². The van der Waals surface area contributed by atoms with Crippen LogP contribution >= 0.6 is 0 Å². The molecule has 1 aromatic rings. The fraction of sp³-hybridized carbons (Fsp3) is 0.471. The topological polar surface area (TPSA) is 50.8 Å². The van der Waals surface area contributed by atoms with Crippen LogP contribution in [0.25, 0.3) is 0 Å². The zero-order valence-corrected chi connectivity index (χ0v) is 13.5. The van der Waals surface area contributed by atoms with Crippen LogP contribution in [0, 0.1) is 0 Å². The van der Waals surface area contributed by atoms with Crippen LogP contribution in [-0.2, 0) is 4.74 Å². The lowest BCUT2D eigenvalue weighted by molar-refractivity contribution is 0.0827. The van der Waals surface area contributed by atoms with E-state index in [1.54, 1.807) is 31.3 Å². The van der Waals surface area contributed by atoms with Gasteiger partial charge in [0.2, 0.25) is 0 Å². The van der Waals surface area contributed by atoms with Crippen molar-refractivity contribution in [3.63, 3.8) is 0 Å². The van der Waals surface area contributed by atoms with Crippen LogP contribution in [0.15, 0.2) is 30.5 Å². The number of hydrogen-bond acceptors (Lipinski definition) is 4. The average molecular weight is 304 g/mol. The smallest absolute Gasteiger partial charge is 0.253 e. The maximum atomic E-state index is 12.1. The second kappa shape index (κ2) is 7.73. The highest BCUT2D eigenvalue weighted by molar-refractivity contribution is 5.95. The molecule has 1 heterocycles. The second-order valence-corrected chi connectivity index (χ2v) is 5.43. The van der Waals surface area contributed by atoms with E-state index in [1.807, 2.05) is 25.1 Å². The first-order chi connectivity index (χ1) is 10.6. The van der Waals surface area contributed by atoms with Gasteiger partial charge in [-0.25, -0.2) is 0 Å². The summed E-state index contributed by atoms with van der Waals surface area (Å²) in [6, 6.07) is 5.47. The van der Waals surface area contributed by atoms with Gasteiger partial charge < -0.3 is 19.7 Å². The number of ether oxygens (including phenoxy) is 2. The summed E-state index contributed by atoms with van der Waals surface area (Å²) in [5.74, 6) is 0.729. The summed E-state index contributed by atoms with van der Waals surface area (Å²) in [6.07, 6.45) is 5.95. The predicted molar refractivity (Wildman–Crippen MR) is 87.4 cm³/mol. The van der Waals surface area contributed by atoms with E-state index in [0.29, 0.717) is 18.7 Å². The maximum Gasteiger partial charge on any atom is 0.253 e.